The highest BCUT2D eigenvalue weighted by Gasteiger charge is 2.64. The lowest BCUT2D eigenvalue weighted by Gasteiger charge is -2.16. The number of benzene rings is 2. The second-order valence-corrected chi connectivity index (χ2v) is 7.88. The molecule has 25 heavy (non-hydrogen) atoms. The van der Waals surface area contributed by atoms with E-state index in [1.807, 2.05) is 24.3 Å². The maximum absolute atomic E-state index is 8.94. The molecule has 2 fully saturated rings. The van der Waals surface area contributed by atoms with Gasteiger partial charge in [0.1, 0.15) is 5.82 Å². The summed E-state index contributed by atoms with van der Waals surface area (Å²) in [6, 6.07) is 16.5. The van der Waals surface area contributed by atoms with Crippen molar-refractivity contribution >= 4 is 11.0 Å². The highest BCUT2D eigenvalue weighted by Crippen LogP contribution is 2.65. The molecule has 0 amide bonds. The van der Waals surface area contributed by atoms with Crippen molar-refractivity contribution in [3.8, 4) is 17.2 Å². The van der Waals surface area contributed by atoms with E-state index in [9.17, 15) is 0 Å². The van der Waals surface area contributed by atoms with Crippen molar-refractivity contribution in [3.63, 3.8) is 0 Å². The molecule has 1 aliphatic heterocycles. The topological polar surface area (TPSA) is 64.5 Å². The van der Waals surface area contributed by atoms with Crippen LogP contribution in [0.25, 0.3) is 22.2 Å². The largest absolute Gasteiger partial charge is 0.341 e. The predicted octanol–water partition coefficient (Wildman–Crippen LogP) is 4.02. The van der Waals surface area contributed by atoms with E-state index in [0.717, 1.165) is 40.4 Å². The van der Waals surface area contributed by atoms with Crippen LogP contribution >= 0.6 is 0 Å². The summed E-state index contributed by atoms with van der Waals surface area (Å²) in [5, 5.41) is 12.6. The Balaban J connectivity index is 1.50. The van der Waals surface area contributed by atoms with E-state index in [1.54, 1.807) is 0 Å². The molecule has 0 radical (unpaired) electrons. The predicted molar refractivity (Wildman–Crippen MR) is 97.7 cm³/mol. The van der Waals surface area contributed by atoms with Crippen LogP contribution in [0.1, 0.15) is 31.3 Å². The molecule has 2 aliphatic rings. The molecule has 1 aliphatic carbocycles. The van der Waals surface area contributed by atoms with E-state index < -0.39 is 0 Å². The Morgan fingerprint density at radius 3 is 2.56 bits per heavy atom. The molecule has 124 valence electrons. The summed E-state index contributed by atoms with van der Waals surface area (Å²) < 4.78 is 0. The van der Waals surface area contributed by atoms with Crippen LogP contribution in [-0.4, -0.2) is 16.5 Å². The molecular weight excluding hydrogens is 308 g/mol. The maximum atomic E-state index is 8.94. The van der Waals surface area contributed by atoms with Gasteiger partial charge in [-0.05, 0) is 59.2 Å². The summed E-state index contributed by atoms with van der Waals surface area (Å²) in [4.78, 5) is 8.38. The molecule has 1 saturated carbocycles. The molecule has 2 aromatic carbocycles. The minimum absolute atomic E-state index is 0.339. The number of aromatic amines is 1. The van der Waals surface area contributed by atoms with E-state index >= 15 is 0 Å². The fourth-order valence-electron chi connectivity index (χ4n) is 4.58. The summed E-state index contributed by atoms with van der Waals surface area (Å²) in [5.74, 6) is 2.52. The van der Waals surface area contributed by atoms with Crippen LogP contribution in [0.15, 0.2) is 42.5 Å². The molecule has 1 aromatic heterocycles. The number of hydrogen-bond donors (Lipinski definition) is 2. The van der Waals surface area contributed by atoms with Crippen LogP contribution in [0.2, 0.25) is 0 Å². The third-order valence-electron chi connectivity index (χ3n) is 6.20. The Morgan fingerprint density at radius 1 is 1.12 bits per heavy atom. The fourth-order valence-corrected chi connectivity index (χ4v) is 4.58. The van der Waals surface area contributed by atoms with Crippen molar-refractivity contribution in [2.75, 3.05) is 6.54 Å². The zero-order valence-electron chi connectivity index (χ0n) is 14.4. The lowest BCUT2D eigenvalue weighted by Crippen LogP contribution is -2.24. The number of nitriles is 1. The van der Waals surface area contributed by atoms with E-state index in [0.29, 0.717) is 22.9 Å². The van der Waals surface area contributed by atoms with E-state index in [2.05, 4.69) is 48.4 Å². The lowest BCUT2D eigenvalue weighted by molar-refractivity contribution is 0.400. The number of piperidine rings is 1. The monoisotopic (exact) mass is 328 g/mol. The van der Waals surface area contributed by atoms with Gasteiger partial charge in [0, 0.05) is 0 Å². The van der Waals surface area contributed by atoms with Gasteiger partial charge in [0.2, 0.25) is 0 Å². The minimum Gasteiger partial charge on any atom is -0.341 e. The number of rotatable bonds is 2. The first-order valence-corrected chi connectivity index (χ1v) is 8.81. The molecule has 5 rings (SSSR count). The van der Waals surface area contributed by atoms with Crippen molar-refractivity contribution in [2.24, 2.45) is 17.3 Å². The Bertz CT molecular complexity index is 1010. The summed E-state index contributed by atoms with van der Waals surface area (Å²) in [7, 11) is 0. The quantitative estimate of drug-likeness (QED) is 0.747. The van der Waals surface area contributed by atoms with Crippen molar-refractivity contribution < 1.29 is 0 Å². The van der Waals surface area contributed by atoms with Crippen molar-refractivity contribution in [2.45, 2.75) is 19.9 Å². The summed E-state index contributed by atoms with van der Waals surface area (Å²) >= 11 is 0. The van der Waals surface area contributed by atoms with E-state index in [4.69, 9.17) is 10.2 Å². The second-order valence-electron chi connectivity index (χ2n) is 7.88. The van der Waals surface area contributed by atoms with Crippen LogP contribution in [0.5, 0.6) is 0 Å². The Morgan fingerprint density at radius 2 is 1.88 bits per heavy atom. The molecule has 2 N–H and O–H groups in total. The Labute approximate surface area is 146 Å². The molecule has 3 atom stereocenters. The van der Waals surface area contributed by atoms with Gasteiger partial charge in [-0.1, -0.05) is 32.0 Å². The van der Waals surface area contributed by atoms with Gasteiger partial charge in [0.15, 0.2) is 0 Å². The molecule has 0 bridgehead atoms. The number of nitrogens with zero attached hydrogens (tertiary/aromatic N) is 2. The number of hydrogen-bond acceptors (Lipinski definition) is 3. The normalized spacial score (nSPS) is 26.4. The van der Waals surface area contributed by atoms with Gasteiger partial charge in [-0.25, -0.2) is 4.98 Å². The van der Waals surface area contributed by atoms with Crippen LogP contribution < -0.4 is 5.32 Å². The highest BCUT2D eigenvalue weighted by molar-refractivity contribution is 5.82. The smallest absolute Gasteiger partial charge is 0.124 e. The molecule has 0 unspecified atom stereocenters. The molecule has 4 heteroatoms. The Hall–Kier alpha value is -2.64. The standard InChI is InChI=1S/C21H20N4/c1-21(2)15-11-23-19(18(15)21)20-24-16-8-7-14(9-17(16)25-20)13-5-3-12(10-22)4-6-13/h3-9,15,18-19,23H,11H2,1-2H3,(H,24,25)/t15-,18-,19-/m0/s1. The number of aromatic nitrogens is 2. The zero-order valence-corrected chi connectivity index (χ0v) is 14.4. The molecule has 2 heterocycles. The van der Waals surface area contributed by atoms with Gasteiger partial charge in [-0.15, -0.1) is 0 Å². The minimum atomic E-state index is 0.339. The first-order chi connectivity index (χ1) is 12.1. The summed E-state index contributed by atoms with van der Waals surface area (Å²) in [6.45, 7) is 5.82. The van der Waals surface area contributed by atoms with Crippen LogP contribution in [0, 0.1) is 28.6 Å². The zero-order chi connectivity index (χ0) is 17.2. The van der Waals surface area contributed by atoms with Crippen molar-refractivity contribution in [1.29, 1.82) is 5.26 Å². The average Bonchev–Trinajstić information content (AvgIpc) is 3.05. The SMILES string of the molecule is CC1(C)[C@@H]2[C@@H](c3nc4ccc(-c5ccc(C#N)cc5)cc4[nH]3)NC[C@@H]21. The van der Waals surface area contributed by atoms with Gasteiger partial charge in [-0.2, -0.15) is 5.26 Å². The third-order valence-corrected chi connectivity index (χ3v) is 6.20. The van der Waals surface area contributed by atoms with Crippen LogP contribution in [0.3, 0.4) is 0 Å². The number of H-pyrrole nitrogens is 1. The van der Waals surface area contributed by atoms with Gasteiger partial charge in [0.05, 0.1) is 28.7 Å². The van der Waals surface area contributed by atoms with Crippen molar-refractivity contribution in [3.05, 3.63) is 53.9 Å². The number of nitrogens with one attached hydrogen (secondary N) is 2. The van der Waals surface area contributed by atoms with Crippen LogP contribution in [-0.2, 0) is 0 Å². The summed E-state index contributed by atoms with van der Waals surface area (Å²) in [5.41, 5.74) is 5.44. The first-order valence-electron chi connectivity index (χ1n) is 8.81. The van der Waals surface area contributed by atoms with Gasteiger partial charge in [0.25, 0.3) is 0 Å². The number of imidazole rings is 1. The Kier molecular flexibility index (Phi) is 2.90. The third kappa shape index (κ3) is 2.13. The van der Waals surface area contributed by atoms with E-state index in [1.165, 1.54) is 0 Å². The molecular formula is C21H20N4. The van der Waals surface area contributed by atoms with Gasteiger partial charge in [-0.3, -0.25) is 0 Å². The number of fused-ring (bicyclic) bond motifs is 2. The second kappa shape index (κ2) is 4.93. The molecule has 4 nitrogen and oxygen atoms in total. The first kappa shape index (κ1) is 14.7. The van der Waals surface area contributed by atoms with Crippen molar-refractivity contribution in [1.82, 2.24) is 15.3 Å². The summed E-state index contributed by atoms with van der Waals surface area (Å²) in [6.07, 6.45) is 0. The highest BCUT2D eigenvalue weighted by atomic mass is 15.1. The van der Waals surface area contributed by atoms with Gasteiger partial charge < -0.3 is 10.3 Å². The fraction of sp³-hybridized carbons (Fsp3) is 0.333. The molecule has 3 aromatic rings. The molecule has 1 saturated heterocycles. The lowest BCUT2D eigenvalue weighted by atomic mass is 10.0. The molecule has 0 spiro atoms. The maximum Gasteiger partial charge on any atom is 0.124 e. The average molecular weight is 328 g/mol. The van der Waals surface area contributed by atoms with E-state index in [-0.39, 0.29) is 0 Å². The van der Waals surface area contributed by atoms with Crippen LogP contribution in [0.4, 0.5) is 0 Å². The van der Waals surface area contributed by atoms with Gasteiger partial charge >= 0.3 is 0 Å².